The van der Waals surface area contributed by atoms with E-state index < -0.39 is 0 Å². The van der Waals surface area contributed by atoms with Crippen LogP contribution in [0.25, 0.3) is 16.7 Å². The second kappa shape index (κ2) is 5.49. The van der Waals surface area contributed by atoms with Gasteiger partial charge in [0.15, 0.2) is 11.4 Å². The van der Waals surface area contributed by atoms with E-state index in [1.165, 1.54) is 6.92 Å². The molecule has 0 bridgehead atoms. The molecule has 0 radical (unpaired) electrons. The highest BCUT2D eigenvalue weighted by Crippen LogP contribution is 2.20. The van der Waals surface area contributed by atoms with Gasteiger partial charge in [0, 0.05) is 19.5 Å². The number of fused-ring (bicyclic) bond motifs is 3. The lowest BCUT2D eigenvalue weighted by Gasteiger charge is -2.10. The van der Waals surface area contributed by atoms with E-state index in [2.05, 4.69) is 9.97 Å². The van der Waals surface area contributed by atoms with Gasteiger partial charge in [0.1, 0.15) is 17.9 Å². The second-order valence-electron chi connectivity index (χ2n) is 5.50. The maximum atomic E-state index is 12.6. The van der Waals surface area contributed by atoms with Crippen molar-refractivity contribution in [1.29, 1.82) is 0 Å². The van der Waals surface area contributed by atoms with Crippen molar-refractivity contribution in [3.05, 3.63) is 34.0 Å². The van der Waals surface area contributed by atoms with E-state index in [4.69, 9.17) is 4.74 Å². The molecular formula is C16H18N4O3. The maximum absolute atomic E-state index is 12.6. The van der Waals surface area contributed by atoms with Crippen LogP contribution in [0.4, 0.5) is 0 Å². The number of carbonyl (C=O) groups excluding carboxylic acids is 1. The number of hydrogen-bond acceptors (Lipinski definition) is 5. The molecule has 0 fully saturated rings. The van der Waals surface area contributed by atoms with E-state index in [0.717, 1.165) is 5.82 Å². The van der Waals surface area contributed by atoms with Gasteiger partial charge in [0.25, 0.3) is 5.56 Å². The SMILES string of the molecule is CCc1nc(C)c2c(=O)n(C)c3ccc(OCC(C)=O)nc3n12. The number of rotatable bonds is 4. The van der Waals surface area contributed by atoms with Crippen LogP contribution >= 0.6 is 0 Å². The second-order valence-corrected chi connectivity index (χ2v) is 5.50. The number of ketones is 1. The molecule has 120 valence electrons. The average molecular weight is 314 g/mol. The first kappa shape index (κ1) is 15.2. The molecule has 3 heterocycles. The fraction of sp³-hybridized carbons (Fsp3) is 0.375. The summed E-state index contributed by atoms with van der Waals surface area (Å²) in [4.78, 5) is 32.6. The first-order chi connectivity index (χ1) is 10.9. The molecule has 0 aliphatic heterocycles. The van der Waals surface area contributed by atoms with Crippen molar-refractivity contribution in [1.82, 2.24) is 18.9 Å². The Labute approximate surface area is 132 Å². The summed E-state index contributed by atoms with van der Waals surface area (Å²) in [6.45, 7) is 5.22. The molecule has 0 aliphatic rings. The third kappa shape index (κ3) is 2.38. The number of Topliss-reactive ketones (excluding diaryl/α,β-unsaturated/α-hetero) is 1. The summed E-state index contributed by atoms with van der Waals surface area (Å²) in [5.74, 6) is 1.04. The normalized spacial score (nSPS) is 11.3. The lowest BCUT2D eigenvalue weighted by atomic mass is 10.3. The summed E-state index contributed by atoms with van der Waals surface area (Å²) in [6.07, 6.45) is 0.678. The molecule has 0 aliphatic carbocycles. The van der Waals surface area contributed by atoms with Gasteiger partial charge in [0.05, 0.1) is 11.2 Å². The van der Waals surface area contributed by atoms with Gasteiger partial charge in [-0.25, -0.2) is 4.98 Å². The van der Waals surface area contributed by atoms with Gasteiger partial charge in [-0.15, -0.1) is 0 Å². The molecule has 0 saturated carbocycles. The Morgan fingerprint density at radius 2 is 2.04 bits per heavy atom. The number of ether oxygens (including phenoxy) is 1. The Hall–Kier alpha value is -2.70. The number of carbonyl (C=O) groups is 1. The van der Waals surface area contributed by atoms with Gasteiger partial charge in [0.2, 0.25) is 5.88 Å². The number of hydrogen-bond donors (Lipinski definition) is 0. The monoisotopic (exact) mass is 314 g/mol. The molecule has 23 heavy (non-hydrogen) atoms. The molecule has 0 unspecified atom stereocenters. The van der Waals surface area contributed by atoms with E-state index >= 15 is 0 Å². The molecular weight excluding hydrogens is 296 g/mol. The Morgan fingerprint density at radius 3 is 2.70 bits per heavy atom. The van der Waals surface area contributed by atoms with E-state index in [1.54, 1.807) is 28.1 Å². The Morgan fingerprint density at radius 1 is 1.30 bits per heavy atom. The lowest BCUT2D eigenvalue weighted by molar-refractivity contribution is -0.119. The van der Waals surface area contributed by atoms with Crippen LogP contribution < -0.4 is 10.3 Å². The highest BCUT2D eigenvalue weighted by Gasteiger charge is 2.17. The van der Waals surface area contributed by atoms with E-state index in [-0.39, 0.29) is 17.9 Å². The summed E-state index contributed by atoms with van der Waals surface area (Å²) in [5, 5.41) is 0. The molecule has 0 saturated heterocycles. The molecule has 7 nitrogen and oxygen atoms in total. The van der Waals surface area contributed by atoms with Crippen molar-refractivity contribution in [3.8, 4) is 5.88 Å². The highest BCUT2D eigenvalue weighted by molar-refractivity contribution is 5.78. The fourth-order valence-corrected chi connectivity index (χ4v) is 2.68. The van der Waals surface area contributed by atoms with Crippen LogP contribution in [0.2, 0.25) is 0 Å². The molecule has 7 heteroatoms. The number of imidazole rings is 1. The summed E-state index contributed by atoms with van der Waals surface area (Å²) in [7, 11) is 1.71. The summed E-state index contributed by atoms with van der Waals surface area (Å²) < 4.78 is 8.73. The van der Waals surface area contributed by atoms with E-state index in [9.17, 15) is 9.59 Å². The van der Waals surface area contributed by atoms with Gasteiger partial charge >= 0.3 is 0 Å². The molecule has 3 rings (SSSR count). The first-order valence-corrected chi connectivity index (χ1v) is 7.44. The van der Waals surface area contributed by atoms with E-state index in [1.807, 2.05) is 13.8 Å². The van der Waals surface area contributed by atoms with Crippen LogP contribution in [0, 0.1) is 6.92 Å². The molecule has 3 aromatic rings. The topological polar surface area (TPSA) is 78.5 Å². The van der Waals surface area contributed by atoms with Crippen LogP contribution in [0.3, 0.4) is 0 Å². The predicted octanol–water partition coefficient (Wildman–Crippen LogP) is 1.42. The lowest BCUT2D eigenvalue weighted by Crippen LogP contribution is -2.21. The minimum absolute atomic E-state index is 0.0307. The van der Waals surface area contributed by atoms with Gasteiger partial charge in [-0.3, -0.25) is 14.0 Å². The first-order valence-electron chi connectivity index (χ1n) is 7.44. The molecule has 0 spiro atoms. The third-order valence-electron chi connectivity index (χ3n) is 3.77. The van der Waals surface area contributed by atoms with Crippen molar-refractivity contribution in [2.75, 3.05) is 6.61 Å². The minimum Gasteiger partial charge on any atom is -0.470 e. The van der Waals surface area contributed by atoms with Crippen molar-refractivity contribution in [2.45, 2.75) is 27.2 Å². The van der Waals surface area contributed by atoms with Gasteiger partial charge in [-0.2, -0.15) is 4.98 Å². The molecule has 0 aromatic carbocycles. The Balaban J connectivity index is 2.36. The minimum atomic E-state index is -0.110. The zero-order valence-electron chi connectivity index (χ0n) is 13.6. The Kier molecular flexibility index (Phi) is 3.63. The number of aromatic nitrogens is 4. The van der Waals surface area contributed by atoms with Crippen LogP contribution in [0.15, 0.2) is 16.9 Å². The summed E-state index contributed by atoms with van der Waals surface area (Å²) in [6, 6.07) is 3.43. The zero-order valence-corrected chi connectivity index (χ0v) is 13.6. The number of nitrogens with zero attached hydrogens (tertiary/aromatic N) is 4. The molecule has 3 aromatic heterocycles. The van der Waals surface area contributed by atoms with E-state index in [0.29, 0.717) is 34.7 Å². The quantitative estimate of drug-likeness (QED) is 0.728. The standard InChI is InChI=1S/C16H18N4O3/c1-5-12-17-10(3)14-16(22)19(4)11-6-7-13(23-8-9(2)21)18-15(11)20(12)14/h6-7H,5,8H2,1-4H3. The fourth-order valence-electron chi connectivity index (χ4n) is 2.68. The van der Waals surface area contributed by atoms with Crippen LogP contribution in [0.5, 0.6) is 5.88 Å². The van der Waals surface area contributed by atoms with Gasteiger partial charge < -0.3 is 9.30 Å². The smallest absolute Gasteiger partial charge is 0.277 e. The number of aryl methyl sites for hydroxylation is 3. The van der Waals surface area contributed by atoms with Crippen LogP contribution in [-0.4, -0.2) is 31.3 Å². The van der Waals surface area contributed by atoms with Gasteiger partial charge in [-0.1, -0.05) is 6.92 Å². The molecule has 0 amide bonds. The summed E-state index contributed by atoms with van der Waals surface area (Å²) >= 11 is 0. The molecule has 0 atom stereocenters. The largest absolute Gasteiger partial charge is 0.470 e. The zero-order chi connectivity index (χ0) is 16.7. The number of pyridine rings is 1. The van der Waals surface area contributed by atoms with Gasteiger partial charge in [-0.05, 0) is 19.9 Å². The van der Waals surface area contributed by atoms with Crippen LogP contribution in [0.1, 0.15) is 25.4 Å². The Bertz CT molecular complexity index is 985. The maximum Gasteiger partial charge on any atom is 0.277 e. The van der Waals surface area contributed by atoms with Crippen molar-refractivity contribution in [2.24, 2.45) is 7.05 Å². The van der Waals surface area contributed by atoms with Crippen molar-refractivity contribution < 1.29 is 9.53 Å². The summed E-state index contributed by atoms with van der Waals surface area (Å²) in [5.41, 5.74) is 2.38. The highest BCUT2D eigenvalue weighted by atomic mass is 16.5. The van der Waals surface area contributed by atoms with Crippen molar-refractivity contribution >= 4 is 22.5 Å². The van der Waals surface area contributed by atoms with Crippen LogP contribution in [-0.2, 0) is 18.3 Å². The van der Waals surface area contributed by atoms with Crippen molar-refractivity contribution in [3.63, 3.8) is 0 Å². The third-order valence-corrected chi connectivity index (χ3v) is 3.77. The predicted molar refractivity (Wildman–Crippen MR) is 86.0 cm³/mol. The average Bonchev–Trinajstić information content (AvgIpc) is 2.87. The molecule has 0 N–H and O–H groups in total.